The Kier molecular flexibility index (Phi) is 6.66. The van der Waals surface area contributed by atoms with Gasteiger partial charge in [-0.25, -0.2) is 0 Å². The first-order valence-corrected chi connectivity index (χ1v) is 10.9. The fraction of sp³-hybridized carbons (Fsp3) is 0.478. The van der Waals surface area contributed by atoms with Crippen LogP contribution < -0.4 is 4.74 Å². The number of ether oxygens (including phenoxy) is 1. The lowest BCUT2D eigenvalue weighted by Gasteiger charge is -2.39. The molecular weight excluding hydrogens is 338 g/mol. The number of rotatable bonds is 6. The van der Waals surface area contributed by atoms with E-state index in [-0.39, 0.29) is 0 Å². The summed E-state index contributed by atoms with van der Waals surface area (Å²) in [6, 6.07) is 17.6. The maximum Gasteiger partial charge on any atom is 0.118 e. The van der Waals surface area contributed by atoms with Crippen LogP contribution in [0.15, 0.2) is 48.5 Å². The van der Waals surface area contributed by atoms with Gasteiger partial charge in [-0.1, -0.05) is 50.2 Å². The Labute approximate surface area is 162 Å². The van der Waals surface area contributed by atoms with Gasteiger partial charge in [0.2, 0.25) is 0 Å². The van der Waals surface area contributed by atoms with E-state index < -0.39 is 0 Å². The molecule has 0 radical (unpaired) electrons. The minimum Gasteiger partial charge on any atom is -0.497 e. The minimum absolute atomic E-state index is 0.575. The molecule has 0 amide bonds. The summed E-state index contributed by atoms with van der Waals surface area (Å²) in [5.41, 5.74) is 4.44. The largest absolute Gasteiger partial charge is 0.497 e. The number of hydrogen-bond acceptors (Lipinski definition) is 3. The van der Waals surface area contributed by atoms with E-state index in [0.29, 0.717) is 17.1 Å². The first-order valence-electron chi connectivity index (χ1n) is 9.59. The Morgan fingerprint density at radius 1 is 1.12 bits per heavy atom. The van der Waals surface area contributed by atoms with E-state index in [1.807, 2.05) is 11.8 Å². The first-order chi connectivity index (χ1) is 12.6. The van der Waals surface area contributed by atoms with Crippen molar-refractivity contribution in [3.8, 4) is 5.75 Å². The van der Waals surface area contributed by atoms with Crippen LogP contribution in [0, 0.1) is 0 Å². The number of thioether (sulfide) groups is 1. The van der Waals surface area contributed by atoms with Crippen molar-refractivity contribution in [1.82, 2.24) is 4.90 Å². The molecule has 1 aliphatic rings. The van der Waals surface area contributed by atoms with Gasteiger partial charge < -0.3 is 4.74 Å². The SMILES string of the molecule is COc1ccc(CN2CCC(SC)C(c3ccccc3C(C)C)C2)cc1. The number of nitrogens with zero attached hydrogens (tertiary/aromatic N) is 1. The molecule has 0 aromatic heterocycles. The Morgan fingerprint density at radius 3 is 2.50 bits per heavy atom. The molecule has 2 unspecified atom stereocenters. The van der Waals surface area contributed by atoms with Gasteiger partial charge in [0.15, 0.2) is 0 Å². The van der Waals surface area contributed by atoms with E-state index in [2.05, 4.69) is 73.5 Å². The predicted octanol–water partition coefficient (Wildman–Crippen LogP) is 5.54. The van der Waals surface area contributed by atoms with Crippen LogP contribution in [0.4, 0.5) is 0 Å². The summed E-state index contributed by atoms with van der Waals surface area (Å²) >= 11 is 2.04. The Morgan fingerprint density at radius 2 is 1.85 bits per heavy atom. The lowest BCUT2D eigenvalue weighted by atomic mass is 9.84. The van der Waals surface area contributed by atoms with Gasteiger partial charge in [0.25, 0.3) is 0 Å². The van der Waals surface area contributed by atoms with Crippen molar-refractivity contribution in [1.29, 1.82) is 0 Å². The van der Waals surface area contributed by atoms with E-state index >= 15 is 0 Å². The van der Waals surface area contributed by atoms with Crippen LogP contribution in [0.2, 0.25) is 0 Å². The summed E-state index contributed by atoms with van der Waals surface area (Å²) in [6.07, 6.45) is 3.53. The van der Waals surface area contributed by atoms with E-state index in [9.17, 15) is 0 Å². The third kappa shape index (κ3) is 4.44. The third-order valence-corrected chi connectivity index (χ3v) is 6.69. The number of benzene rings is 2. The molecule has 3 heteroatoms. The number of likely N-dealkylation sites (tertiary alicyclic amines) is 1. The molecule has 3 rings (SSSR count). The highest BCUT2D eigenvalue weighted by molar-refractivity contribution is 7.99. The van der Waals surface area contributed by atoms with Crippen molar-refractivity contribution in [2.75, 3.05) is 26.5 Å². The zero-order valence-electron chi connectivity index (χ0n) is 16.4. The molecule has 0 bridgehead atoms. The third-order valence-electron chi connectivity index (χ3n) is 5.52. The maximum atomic E-state index is 5.28. The van der Waals surface area contributed by atoms with Crippen molar-refractivity contribution in [3.63, 3.8) is 0 Å². The van der Waals surface area contributed by atoms with E-state index in [1.54, 1.807) is 12.7 Å². The van der Waals surface area contributed by atoms with Gasteiger partial charge in [-0.05, 0) is 54.0 Å². The van der Waals surface area contributed by atoms with Crippen LogP contribution in [0.3, 0.4) is 0 Å². The minimum atomic E-state index is 0.575. The standard InChI is InChI=1S/C23H31NOS/c1-17(2)20-7-5-6-8-21(20)22-16-24(14-13-23(22)26-4)15-18-9-11-19(25-3)12-10-18/h5-12,17,22-23H,13-16H2,1-4H3. The van der Waals surface area contributed by atoms with Gasteiger partial charge in [-0.2, -0.15) is 11.8 Å². The molecule has 140 valence electrons. The van der Waals surface area contributed by atoms with Crippen molar-refractivity contribution < 1.29 is 4.74 Å². The van der Waals surface area contributed by atoms with Gasteiger partial charge in [0, 0.05) is 24.3 Å². The topological polar surface area (TPSA) is 12.5 Å². The summed E-state index contributed by atoms with van der Waals surface area (Å²) in [5.74, 6) is 2.11. The van der Waals surface area contributed by atoms with Crippen molar-refractivity contribution >= 4 is 11.8 Å². The van der Waals surface area contributed by atoms with Crippen molar-refractivity contribution in [3.05, 3.63) is 65.2 Å². The van der Waals surface area contributed by atoms with Gasteiger partial charge in [-0.3, -0.25) is 4.90 Å². The van der Waals surface area contributed by atoms with Crippen molar-refractivity contribution in [2.45, 2.75) is 43.9 Å². The van der Waals surface area contributed by atoms with E-state index in [4.69, 9.17) is 4.74 Å². The summed E-state index contributed by atoms with van der Waals surface area (Å²) in [4.78, 5) is 2.62. The van der Waals surface area contributed by atoms with Crippen LogP contribution in [-0.2, 0) is 6.54 Å². The molecule has 2 atom stereocenters. The quantitative estimate of drug-likeness (QED) is 0.663. The van der Waals surface area contributed by atoms with Crippen LogP contribution in [0.25, 0.3) is 0 Å². The second kappa shape index (κ2) is 8.96. The Hall–Kier alpha value is -1.45. The molecule has 1 fully saturated rings. The van der Waals surface area contributed by atoms with Gasteiger partial charge in [0.1, 0.15) is 5.75 Å². The molecule has 0 spiro atoms. The fourth-order valence-corrected chi connectivity index (χ4v) is 4.99. The molecule has 1 heterocycles. The molecule has 1 aliphatic heterocycles. The predicted molar refractivity (Wildman–Crippen MR) is 113 cm³/mol. The van der Waals surface area contributed by atoms with Crippen LogP contribution in [0.5, 0.6) is 5.75 Å². The second-order valence-corrected chi connectivity index (χ2v) is 8.61. The summed E-state index contributed by atoms with van der Waals surface area (Å²) < 4.78 is 5.28. The van der Waals surface area contributed by atoms with Crippen LogP contribution in [0.1, 0.15) is 48.8 Å². The van der Waals surface area contributed by atoms with Gasteiger partial charge >= 0.3 is 0 Å². The molecule has 2 aromatic carbocycles. The van der Waals surface area contributed by atoms with Crippen molar-refractivity contribution in [2.24, 2.45) is 0 Å². The molecular formula is C23H31NOS. The molecule has 26 heavy (non-hydrogen) atoms. The Balaban J connectivity index is 1.78. The Bertz CT molecular complexity index is 698. The summed E-state index contributed by atoms with van der Waals surface area (Å²) in [7, 11) is 1.72. The van der Waals surface area contributed by atoms with E-state index in [0.717, 1.165) is 18.8 Å². The average molecular weight is 370 g/mol. The number of methoxy groups -OCH3 is 1. The molecule has 0 saturated carbocycles. The highest BCUT2D eigenvalue weighted by atomic mass is 32.2. The smallest absolute Gasteiger partial charge is 0.118 e. The average Bonchev–Trinajstić information content (AvgIpc) is 2.68. The molecule has 1 saturated heterocycles. The first kappa shape index (κ1) is 19.3. The monoisotopic (exact) mass is 369 g/mol. The zero-order chi connectivity index (χ0) is 18.5. The summed E-state index contributed by atoms with van der Waals surface area (Å²) in [5, 5.41) is 0.710. The number of hydrogen-bond donors (Lipinski definition) is 0. The highest BCUT2D eigenvalue weighted by Crippen LogP contribution is 2.38. The van der Waals surface area contributed by atoms with E-state index in [1.165, 1.54) is 24.1 Å². The molecule has 0 N–H and O–H groups in total. The second-order valence-electron chi connectivity index (χ2n) is 7.54. The maximum absolute atomic E-state index is 5.28. The fourth-order valence-electron chi connectivity index (χ4n) is 4.09. The highest BCUT2D eigenvalue weighted by Gasteiger charge is 2.31. The normalized spacial score (nSPS) is 21.1. The molecule has 0 aliphatic carbocycles. The number of piperidine rings is 1. The molecule has 2 aromatic rings. The summed E-state index contributed by atoms with van der Waals surface area (Å²) in [6.45, 7) is 7.96. The van der Waals surface area contributed by atoms with Gasteiger partial charge in [-0.15, -0.1) is 0 Å². The van der Waals surface area contributed by atoms with Crippen LogP contribution in [-0.4, -0.2) is 36.6 Å². The van der Waals surface area contributed by atoms with Gasteiger partial charge in [0.05, 0.1) is 7.11 Å². The van der Waals surface area contributed by atoms with Crippen LogP contribution >= 0.6 is 11.8 Å². The lowest BCUT2D eigenvalue weighted by molar-refractivity contribution is 0.204. The zero-order valence-corrected chi connectivity index (χ0v) is 17.3. The lowest BCUT2D eigenvalue weighted by Crippen LogP contribution is -2.40. The molecule has 2 nitrogen and oxygen atoms in total.